The van der Waals surface area contributed by atoms with Crippen LogP contribution in [0.4, 0.5) is 14.5 Å². The van der Waals surface area contributed by atoms with E-state index in [1.54, 1.807) is 19.1 Å². The molecule has 2 aromatic carbocycles. The molecule has 2 aromatic rings. The first kappa shape index (κ1) is 13.2. The average Bonchev–Trinajstić information content (AvgIpc) is 2.74. The van der Waals surface area contributed by atoms with Crippen LogP contribution in [-0.4, -0.2) is 11.4 Å². The van der Waals surface area contributed by atoms with Gasteiger partial charge in [0.15, 0.2) is 17.2 Å². The van der Waals surface area contributed by atoms with Crippen LogP contribution in [0.5, 0.6) is 17.2 Å². The number of benzene rings is 2. The van der Waals surface area contributed by atoms with E-state index in [4.69, 9.17) is 6.57 Å². The van der Waals surface area contributed by atoms with Crippen molar-refractivity contribution >= 4 is 5.69 Å². The molecule has 1 aliphatic rings. The predicted octanol–water partition coefficient (Wildman–Crippen LogP) is 4.24. The third-order valence-corrected chi connectivity index (χ3v) is 3.14. The number of hydrogen-bond acceptors (Lipinski definition) is 3. The summed E-state index contributed by atoms with van der Waals surface area (Å²) in [6.45, 7) is 8.75. The van der Waals surface area contributed by atoms with E-state index in [1.807, 2.05) is 0 Å². The van der Waals surface area contributed by atoms with E-state index in [0.29, 0.717) is 11.1 Å². The second kappa shape index (κ2) is 4.35. The molecule has 3 rings (SSSR count). The topological polar surface area (TPSA) is 43.0 Å². The molecule has 4 nitrogen and oxygen atoms in total. The summed E-state index contributed by atoms with van der Waals surface area (Å²) in [7, 11) is 0. The maximum Gasteiger partial charge on any atom is 0.586 e. The molecule has 0 aromatic heterocycles. The molecule has 0 fully saturated rings. The second-order valence-corrected chi connectivity index (χ2v) is 4.60. The minimum Gasteiger partial charge on any atom is -0.508 e. The highest BCUT2D eigenvalue weighted by Gasteiger charge is 2.44. The summed E-state index contributed by atoms with van der Waals surface area (Å²) in [6, 6.07) is 7.34. The van der Waals surface area contributed by atoms with Gasteiger partial charge in [0.2, 0.25) is 0 Å². The monoisotopic (exact) mass is 289 g/mol. The Hall–Kier alpha value is -2.81. The van der Waals surface area contributed by atoms with E-state index in [0.717, 1.165) is 0 Å². The molecular weight excluding hydrogens is 280 g/mol. The number of phenols is 1. The number of alkyl halides is 2. The molecule has 0 aliphatic carbocycles. The summed E-state index contributed by atoms with van der Waals surface area (Å²) in [6.07, 6.45) is -3.76. The molecule has 1 N–H and O–H groups in total. The number of fused-ring (bicyclic) bond motifs is 1. The van der Waals surface area contributed by atoms with Crippen LogP contribution in [0, 0.1) is 13.5 Å². The number of rotatable bonds is 1. The summed E-state index contributed by atoms with van der Waals surface area (Å²) in [4.78, 5) is 3.23. The van der Waals surface area contributed by atoms with Gasteiger partial charge in [0, 0.05) is 5.56 Å². The molecule has 106 valence electrons. The number of phenolic OH excluding ortho intramolecular Hbond substituents is 1. The Kier molecular flexibility index (Phi) is 2.73. The van der Waals surface area contributed by atoms with Gasteiger partial charge >= 0.3 is 6.29 Å². The van der Waals surface area contributed by atoms with Gasteiger partial charge in [0.1, 0.15) is 5.75 Å². The lowest BCUT2D eigenvalue weighted by Crippen LogP contribution is -2.26. The highest BCUT2D eigenvalue weighted by molar-refractivity contribution is 5.80. The Labute approximate surface area is 119 Å². The first-order valence-corrected chi connectivity index (χ1v) is 6.01. The van der Waals surface area contributed by atoms with Crippen LogP contribution in [-0.2, 0) is 0 Å². The number of nitrogens with zero attached hydrogens (tertiary/aromatic N) is 1. The first-order valence-electron chi connectivity index (χ1n) is 6.01. The molecule has 1 aliphatic heterocycles. The first-order chi connectivity index (χ1) is 9.89. The lowest BCUT2D eigenvalue weighted by Gasteiger charge is -2.09. The van der Waals surface area contributed by atoms with E-state index in [-0.39, 0.29) is 28.5 Å². The van der Waals surface area contributed by atoms with Crippen molar-refractivity contribution in [1.29, 1.82) is 0 Å². The fraction of sp³-hybridized carbons (Fsp3) is 0.133. The van der Waals surface area contributed by atoms with Gasteiger partial charge in [-0.25, -0.2) is 4.85 Å². The zero-order valence-electron chi connectivity index (χ0n) is 10.9. The van der Waals surface area contributed by atoms with E-state index in [1.165, 1.54) is 18.2 Å². The van der Waals surface area contributed by atoms with Crippen LogP contribution in [0.2, 0.25) is 0 Å². The maximum absolute atomic E-state index is 13.2. The number of ether oxygens (including phenoxy) is 2. The number of halogens is 2. The van der Waals surface area contributed by atoms with Crippen molar-refractivity contribution in [3.63, 3.8) is 0 Å². The zero-order valence-corrected chi connectivity index (χ0v) is 10.9. The largest absolute Gasteiger partial charge is 0.586 e. The van der Waals surface area contributed by atoms with Gasteiger partial charge in [-0.2, -0.15) is 0 Å². The Bertz CT molecular complexity index is 781. The molecule has 0 radical (unpaired) electrons. The molecule has 0 atom stereocenters. The van der Waals surface area contributed by atoms with Crippen LogP contribution in [0.25, 0.3) is 16.0 Å². The van der Waals surface area contributed by atoms with Gasteiger partial charge in [0.05, 0.1) is 6.57 Å². The Morgan fingerprint density at radius 2 is 1.95 bits per heavy atom. The van der Waals surface area contributed by atoms with Gasteiger partial charge in [-0.1, -0.05) is 12.1 Å². The van der Waals surface area contributed by atoms with Crippen molar-refractivity contribution in [2.24, 2.45) is 0 Å². The lowest BCUT2D eigenvalue weighted by molar-refractivity contribution is -0.286. The predicted molar refractivity (Wildman–Crippen MR) is 70.7 cm³/mol. The summed E-state index contributed by atoms with van der Waals surface area (Å²) in [5.41, 5.74) is 1.52. The summed E-state index contributed by atoms with van der Waals surface area (Å²) in [5, 5.41) is 9.76. The molecule has 0 bridgehead atoms. The van der Waals surface area contributed by atoms with Crippen molar-refractivity contribution in [2.75, 3.05) is 0 Å². The van der Waals surface area contributed by atoms with Crippen molar-refractivity contribution < 1.29 is 23.4 Å². The molecule has 1 heterocycles. The van der Waals surface area contributed by atoms with Gasteiger partial charge in [-0.15, -0.1) is 8.78 Å². The number of hydrogen-bond donors (Lipinski definition) is 1. The van der Waals surface area contributed by atoms with Crippen molar-refractivity contribution in [3.05, 3.63) is 47.3 Å². The Morgan fingerprint density at radius 1 is 1.19 bits per heavy atom. The van der Waals surface area contributed by atoms with Crippen molar-refractivity contribution in [1.82, 2.24) is 0 Å². The molecule has 0 saturated heterocycles. The molecular formula is C15H9F2NO3. The fourth-order valence-electron chi connectivity index (χ4n) is 2.09. The van der Waals surface area contributed by atoms with E-state index < -0.39 is 6.29 Å². The van der Waals surface area contributed by atoms with Crippen molar-refractivity contribution in [3.8, 4) is 28.4 Å². The molecule has 21 heavy (non-hydrogen) atoms. The van der Waals surface area contributed by atoms with Gasteiger partial charge in [-0.05, 0) is 36.2 Å². The molecule has 0 spiro atoms. The van der Waals surface area contributed by atoms with Gasteiger partial charge in [-0.3, -0.25) is 0 Å². The van der Waals surface area contributed by atoms with Crippen LogP contribution in [0.15, 0.2) is 30.3 Å². The fourth-order valence-corrected chi connectivity index (χ4v) is 2.09. The smallest absolute Gasteiger partial charge is 0.508 e. The van der Waals surface area contributed by atoms with Crippen LogP contribution in [0.1, 0.15) is 5.56 Å². The highest BCUT2D eigenvalue weighted by atomic mass is 19.3. The maximum atomic E-state index is 13.2. The minimum absolute atomic E-state index is 0.0279. The summed E-state index contributed by atoms with van der Waals surface area (Å²) < 4.78 is 35.4. The van der Waals surface area contributed by atoms with Crippen LogP contribution < -0.4 is 9.47 Å². The molecule has 0 unspecified atom stereocenters. The van der Waals surface area contributed by atoms with Crippen LogP contribution >= 0.6 is 0 Å². The standard InChI is InChI=1S/C15H9F2NO3/c1-8-3-4-9(5-12(8)19)11-6-10(18-2)7-13-14(11)21-15(16,17)20-13/h3-7,19H,1H3. The number of aromatic hydroxyl groups is 1. The second-order valence-electron chi connectivity index (χ2n) is 4.60. The molecule has 0 saturated carbocycles. The van der Waals surface area contributed by atoms with E-state index >= 15 is 0 Å². The Morgan fingerprint density at radius 3 is 2.62 bits per heavy atom. The van der Waals surface area contributed by atoms with Gasteiger partial charge < -0.3 is 14.6 Å². The molecule has 6 heteroatoms. The van der Waals surface area contributed by atoms with Gasteiger partial charge in [0.25, 0.3) is 0 Å². The third kappa shape index (κ3) is 2.23. The minimum atomic E-state index is -3.76. The third-order valence-electron chi connectivity index (χ3n) is 3.14. The SMILES string of the molecule is [C-]#[N+]c1cc2c(c(-c3ccc(C)c(O)c3)c1)OC(F)(F)O2. The van der Waals surface area contributed by atoms with Crippen LogP contribution in [0.3, 0.4) is 0 Å². The lowest BCUT2D eigenvalue weighted by atomic mass is 10.0. The highest BCUT2D eigenvalue weighted by Crippen LogP contribution is 2.49. The number of aryl methyl sites for hydroxylation is 1. The quantitative estimate of drug-likeness (QED) is 0.798. The normalized spacial score (nSPS) is 14.8. The zero-order chi connectivity index (χ0) is 15.2. The Balaban J connectivity index is 2.21. The van der Waals surface area contributed by atoms with E-state index in [9.17, 15) is 13.9 Å². The van der Waals surface area contributed by atoms with E-state index in [2.05, 4.69) is 14.3 Å². The summed E-state index contributed by atoms with van der Waals surface area (Å²) >= 11 is 0. The molecule has 0 amide bonds. The summed E-state index contributed by atoms with van der Waals surface area (Å²) in [5.74, 6) is -0.306. The average molecular weight is 289 g/mol. The van der Waals surface area contributed by atoms with Crippen molar-refractivity contribution in [2.45, 2.75) is 13.2 Å².